The van der Waals surface area contributed by atoms with Gasteiger partial charge in [-0.25, -0.2) is 4.79 Å². The summed E-state index contributed by atoms with van der Waals surface area (Å²) < 4.78 is 11.8. The van der Waals surface area contributed by atoms with Gasteiger partial charge in [0.25, 0.3) is 5.91 Å². The van der Waals surface area contributed by atoms with Gasteiger partial charge in [-0.1, -0.05) is 30.3 Å². The number of nitriles is 1. The van der Waals surface area contributed by atoms with Gasteiger partial charge < -0.3 is 15.2 Å². The van der Waals surface area contributed by atoms with Gasteiger partial charge in [0.2, 0.25) is 0 Å². The van der Waals surface area contributed by atoms with Crippen molar-refractivity contribution in [3.05, 3.63) is 63.6 Å². The van der Waals surface area contributed by atoms with E-state index in [0.29, 0.717) is 28.1 Å². The number of hydrogen-bond acceptors (Lipinski definition) is 5. The van der Waals surface area contributed by atoms with Gasteiger partial charge in [-0.2, -0.15) is 5.26 Å². The number of benzene rings is 2. The zero-order valence-corrected chi connectivity index (χ0v) is 15.9. The molecule has 0 spiro atoms. The van der Waals surface area contributed by atoms with Gasteiger partial charge in [0, 0.05) is 0 Å². The third kappa shape index (κ3) is 5.59. The maximum absolute atomic E-state index is 11.8. The number of primary amides is 1. The first-order valence-corrected chi connectivity index (χ1v) is 8.50. The van der Waals surface area contributed by atoms with Gasteiger partial charge >= 0.3 is 6.03 Å². The zero-order valence-electron chi connectivity index (χ0n) is 14.4. The number of methoxy groups -OCH3 is 1. The van der Waals surface area contributed by atoms with E-state index in [1.165, 1.54) is 13.2 Å². The van der Waals surface area contributed by atoms with E-state index < -0.39 is 11.9 Å². The molecule has 2 aromatic carbocycles. The topological polar surface area (TPSA) is 114 Å². The van der Waals surface area contributed by atoms with Gasteiger partial charge in [0.05, 0.1) is 11.6 Å². The minimum absolute atomic E-state index is 0.277. The van der Waals surface area contributed by atoms with Gasteiger partial charge in [0.15, 0.2) is 11.5 Å². The second-order valence-corrected chi connectivity index (χ2v) is 6.15. The van der Waals surface area contributed by atoms with E-state index >= 15 is 0 Å². The lowest BCUT2D eigenvalue weighted by Gasteiger charge is -2.14. The maximum Gasteiger partial charge on any atom is 0.319 e. The van der Waals surface area contributed by atoms with Crippen LogP contribution in [-0.4, -0.2) is 19.0 Å². The van der Waals surface area contributed by atoms with Crippen molar-refractivity contribution >= 4 is 33.9 Å². The van der Waals surface area contributed by atoms with E-state index in [-0.39, 0.29) is 5.57 Å². The molecule has 0 fully saturated rings. The van der Waals surface area contributed by atoms with Crippen LogP contribution in [0.25, 0.3) is 6.08 Å². The van der Waals surface area contributed by atoms with E-state index in [1.54, 1.807) is 18.2 Å². The summed E-state index contributed by atoms with van der Waals surface area (Å²) in [5.41, 5.74) is 6.11. The molecule has 2 aromatic rings. The average molecular weight is 430 g/mol. The molecule has 0 saturated heterocycles. The largest absolute Gasteiger partial charge is 0.493 e. The second-order valence-electron chi connectivity index (χ2n) is 5.30. The van der Waals surface area contributed by atoms with E-state index in [4.69, 9.17) is 20.5 Å². The van der Waals surface area contributed by atoms with Crippen LogP contribution in [-0.2, 0) is 11.4 Å². The number of carbonyl (C=O) groups is 2. The molecule has 27 heavy (non-hydrogen) atoms. The van der Waals surface area contributed by atoms with Crippen molar-refractivity contribution in [3.8, 4) is 17.6 Å². The summed E-state index contributed by atoms with van der Waals surface area (Å²) in [4.78, 5) is 22.6. The molecule has 0 aliphatic heterocycles. The van der Waals surface area contributed by atoms with Crippen molar-refractivity contribution in [3.63, 3.8) is 0 Å². The monoisotopic (exact) mass is 429 g/mol. The molecule has 0 unspecified atom stereocenters. The minimum Gasteiger partial charge on any atom is -0.493 e. The fraction of sp³-hybridized carbons (Fsp3) is 0.105. The van der Waals surface area contributed by atoms with Crippen LogP contribution in [0.2, 0.25) is 0 Å². The number of nitrogens with two attached hydrogens (primary N) is 1. The van der Waals surface area contributed by atoms with Crippen molar-refractivity contribution in [2.45, 2.75) is 6.61 Å². The van der Waals surface area contributed by atoms with Crippen LogP contribution in [0.15, 0.2) is 52.5 Å². The number of amides is 3. The lowest BCUT2D eigenvalue weighted by Crippen LogP contribution is -2.35. The predicted molar refractivity (Wildman–Crippen MR) is 103 cm³/mol. The number of urea groups is 1. The van der Waals surface area contributed by atoms with Gasteiger partial charge in [-0.3, -0.25) is 10.1 Å². The van der Waals surface area contributed by atoms with Crippen molar-refractivity contribution in [1.82, 2.24) is 5.32 Å². The second kappa shape index (κ2) is 9.40. The zero-order chi connectivity index (χ0) is 19.8. The third-order valence-electron chi connectivity index (χ3n) is 3.39. The summed E-state index contributed by atoms with van der Waals surface area (Å²) in [6.07, 6.45) is 1.31. The average Bonchev–Trinajstić information content (AvgIpc) is 2.65. The number of nitrogens with one attached hydrogen (secondary N) is 1. The molecule has 0 heterocycles. The molecular weight excluding hydrogens is 414 g/mol. The Hall–Kier alpha value is -3.31. The van der Waals surface area contributed by atoms with Crippen molar-refractivity contribution in [2.75, 3.05) is 7.11 Å². The quantitative estimate of drug-likeness (QED) is 0.540. The predicted octanol–water partition coefficient (Wildman–Crippen LogP) is 3.14. The molecule has 3 N–H and O–H groups in total. The first-order valence-electron chi connectivity index (χ1n) is 7.71. The summed E-state index contributed by atoms with van der Waals surface area (Å²) in [6.45, 7) is 0.343. The number of carbonyl (C=O) groups excluding carboxylic acids is 2. The first kappa shape index (κ1) is 20.0. The summed E-state index contributed by atoms with van der Waals surface area (Å²) in [7, 11) is 1.48. The molecule has 0 saturated carbocycles. The van der Waals surface area contributed by atoms with E-state index in [1.807, 2.05) is 35.6 Å². The molecule has 0 aliphatic rings. The molecule has 2 rings (SSSR count). The number of ether oxygens (including phenoxy) is 2. The Kier molecular flexibility index (Phi) is 6.97. The highest BCUT2D eigenvalue weighted by molar-refractivity contribution is 9.10. The normalized spacial score (nSPS) is 10.6. The number of halogens is 1. The standard InChI is InChI=1S/C19H16BrN3O4/c1-26-16-9-13(7-14(10-21)18(24)23-19(22)25)8-15(20)17(16)27-11-12-5-3-2-4-6-12/h2-9H,11H2,1H3,(H3,22,23,24,25)/b14-7-. The highest BCUT2D eigenvalue weighted by atomic mass is 79.9. The highest BCUT2D eigenvalue weighted by Gasteiger charge is 2.14. The molecule has 0 aliphatic carbocycles. The Morgan fingerprint density at radius 3 is 2.59 bits per heavy atom. The van der Waals surface area contributed by atoms with Crippen LogP contribution >= 0.6 is 15.9 Å². The molecule has 0 radical (unpaired) electrons. The lowest BCUT2D eigenvalue weighted by molar-refractivity contribution is -0.115. The van der Waals surface area contributed by atoms with E-state index in [9.17, 15) is 9.59 Å². The van der Waals surface area contributed by atoms with Crippen molar-refractivity contribution in [2.24, 2.45) is 5.73 Å². The first-order chi connectivity index (χ1) is 12.9. The smallest absolute Gasteiger partial charge is 0.319 e. The molecule has 0 atom stereocenters. The number of nitrogens with zero attached hydrogens (tertiary/aromatic N) is 1. The highest BCUT2D eigenvalue weighted by Crippen LogP contribution is 2.37. The van der Waals surface area contributed by atoms with Gasteiger partial charge in [0.1, 0.15) is 18.2 Å². The molecule has 7 nitrogen and oxygen atoms in total. The van der Waals surface area contributed by atoms with Crippen molar-refractivity contribution in [1.29, 1.82) is 5.26 Å². The molecule has 138 valence electrons. The summed E-state index contributed by atoms with van der Waals surface area (Å²) >= 11 is 3.41. The van der Waals surface area contributed by atoms with E-state index in [2.05, 4.69) is 15.9 Å². The molecular formula is C19H16BrN3O4. The Morgan fingerprint density at radius 1 is 1.30 bits per heavy atom. The van der Waals surface area contributed by atoms with Crippen LogP contribution in [0.5, 0.6) is 11.5 Å². The van der Waals surface area contributed by atoms with Gasteiger partial charge in [-0.15, -0.1) is 0 Å². The third-order valence-corrected chi connectivity index (χ3v) is 3.98. The fourth-order valence-electron chi connectivity index (χ4n) is 2.19. The van der Waals surface area contributed by atoms with Crippen LogP contribution < -0.4 is 20.5 Å². The van der Waals surface area contributed by atoms with Crippen LogP contribution in [0, 0.1) is 11.3 Å². The van der Waals surface area contributed by atoms with Crippen molar-refractivity contribution < 1.29 is 19.1 Å². The Labute approximate surface area is 164 Å². The molecule has 8 heteroatoms. The SMILES string of the molecule is COc1cc(/C=C(/C#N)C(=O)NC(N)=O)cc(Br)c1OCc1ccccc1. The Balaban J connectivity index is 2.29. The van der Waals surface area contributed by atoms with Crippen LogP contribution in [0.4, 0.5) is 4.79 Å². The number of hydrogen-bond donors (Lipinski definition) is 2. The molecule has 0 aromatic heterocycles. The molecule has 3 amide bonds. The summed E-state index contributed by atoms with van der Waals surface area (Å²) in [6, 6.07) is 13.6. The Bertz CT molecular complexity index is 921. The van der Waals surface area contributed by atoms with Gasteiger partial charge in [-0.05, 0) is 45.3 Å². The maximum atomic E-state index is 11.8. The number of rotatable bonds is 6. The molecule has 0 bridgehead atoms. The van der Waals surface area contributed by atoms with Crippen LogP contribution in [0.3, 0.4) is 0 Å². The Morgan fingerprint density at radius 2 is 2.00 bits per heavy atom. The summed E-state index contributed by atoms with van der Waals surface area (Å²) in [5, 5.41) is 11.0. The lowest BCUT2D eigenvalue weighted by atomic mass is 10.1. The minimum atomic E-state index is -1.04. The van der Waals surface area contributed by atoms with E-state index in [0.717, 1.165) is 5.56 Å². The fourth-order valence-corrected chi connectivity index (χ4v) is 2.76. The van der Waals surface area contributed by atoms with Crippen LogP contribution in [0.1, 0.15) is 11.1 Å². The summed E-state index contributed by atoms with van der Waals surface area (Å²) in [5.74, 6) is 0.0160. The number of imide groups is 1.